The third-order valence-electron chi connectivity index (χ3n) is 4.51. The summed E-state index contributed by atoms with van der Waals surface area (Å²) in [6.07, 6.45) is 0.129. The van der Waals surface area contributed by atoms with Crippen molar-refractivity contribution >= 4 is 29.0 Å². The molecule has 148 valence electrons. The van der Waals surface area contributed by atoms with Crippen LogP contribution in [0.15, 0.2) is 53.5 Å². The van der Waals surface area contributed by atoms with E-state index in [1.165, 1.54) is 0 Å². The molecular weight excluding hydrogens is 376 g/mol. The van der Waals surface area contributed by atoms with Crippen molar-refractivity contribution in [3.8, 4) is 0 Å². The number of hydrogen-bond donors (Lipinski definition) is 1. The molecule has 6 nitrogen and oxygen atoms in total. The SMILES string of the molecule is CN1OC(C)(CC(=O)NCc2ccc(Cl)cc2)N=C1c1ccc(N(C)C)cc1. The minimum absolute atomic E-state index is 0.126. The number of amidine groups is 1. The molecule has 1 amide bonds. The first kappa shape index (κ1) is 20.2. The number of carbonyl (C=O) groups is 1. The van der Waals surface area contributed by atoms with Gasteiger partial charge < -0.3 is 10.2 Å². The van der Waals surface area contributed by atoms with E-state index in [1.807, 2.05) is 62.3 Å². The summed E-state index contributed by atoms with van der Waals surface area (Å²) in [5.41, 5.74) is 2.10. The first-order valence-corrected chi connectivity index (χ1v) is 9.45. The first-order chi connectivity index (χ1) is 13.3. The first-order valence-electron chi connectivity index (χ1n) is 9.07. The molecule has 7 heteroatoms. The number of hydrogen-bond acceptors (Lipinski definition) is 5. The molecule has 0 saturated carbocycles. The summed E-state index contributed by atoms with van der Waals surface area (Å²) in [6, 6.07) is 15.4. The van der Waals surface area contributed by atoms with Crippen molar-refractivity contribution in [1.82, 2.24) is 10.4 Å². The number of nitrogens with zero attached hydrogens (tertiary/aromatic N) is 3. The van der Waals surface area contributed by atoms with Crippen LogP contribution in [0.4, 0.5) is 5.69 Å². The van der Waals surface area contributed by atoms with Gasteiger partial charge in [-0.2, -0.15) is 0 Å². The summed E-state index contributed by atoms with van der Waals surface area (Å²) in [5, 5.41) is 5.20. The molecule has 1 unspecified atom stereocenters. The van der Waals surface area contributed by atoms with Gasteiger partial charge in [0.2, 0.25) is 5.91 Å². The highest BCUT2D eigenvalue weighted by molar-refractivity contribution is 6.30. The van der Waals surface area contributed by atoms with Crippen LogP contribution in [0.2, 0.25) is 5.02 Å². The lowest BCUT2D eigenvalue weighted by Gasteiger charge is -2.21. The summed E-state index contributed by atoms with van der Waals surface area (Å²) in [5.74, 6) is 0.581. The lowest BCUT2D eigenvalue weighted by Crippen LogP contribution is -2.35. The predicted octanol–water partition coefficient (Wildman–Crippen LogP) is 3.45. The van der Waals surface area contributed by atoms with Crippen LogP contribution in [0.1, 0.15) is 24.5 Å². The summed E-state index contributed by atoms with van der Waals surface area (Å²) in [6.45, 7) is 2.25. The molecule has 0 aliphatic carbocycles. The Balaban J connectivity index is 1.64. The average molecular weight is 401 g/mol. The summed E-state index contributed by atoms with van der Waals surface area (Å²) >= 11 is 5.88. The van der Waals surface area contributed by atoms with Crippen LogP contribution in [0.3, 0.4) is 0 Å². The van der Waals surface area contributed by atoms with Crippen LogP contribution in [-0.2, 0) is 16.2 Å². The smallest absolute Gasteiger partial charge is 0.225 e. The Kier molecular flexibility index (Phi) is 5.91. The number of rotatable bonds is 6. The lowest BCUT2D eigenvalue weighted by atomic mass is 10.1. The number of halogens is 1. The number of carbonyl (C=O) groups excluding carboxylic acids is 1. The van der Waals surface area contributed by atoms with Gasteiger partial charge in [-0.15, -0.1) is 0 Å². The molecule has 1 aliphatic rings. The second-order valence-corrected chi connectivity index (χ2v) is 7.66. The van der Waals surface area contributed by atoms with Crippen molar-refractivity contribution in [3.63, 3.8) is 0 Å². The van der Waals surface area contributed by atoms with Gasteiger partial charge >= 0.3 is 0 Å². The van der Waals surface area contributed by atoms with E-state index in [0.717, 1.165) is 16.8 Å². The second-order valence-electron chi connectivity index (χ2n) is 7.22. The van der Waals surface area contributed by atoms with Crippen LogP contribution in [-0.4, -0.2) is 43.7 Å². The molecule has 1 heterocycles. The molecular formula is C21H25ClN4O2. The Morgan fingerprint density at radius 1 is 1.18 bits per heavy atom. The fourth-order valence-electron chi connectivity index (χ4n) is 3.04. The third kappa shape index (κ3) is 4.82. The number of aliphatic imine (C=N–C) groups is 1. The Morgan fingerprint density at radius 3 is 2.43 bits per heavy atom. The average Bonchev–Trinajstić information content (AvgIpc) is 2.95. The monoisotopic (exact) mass is 400 g/mol. The van der Waals surface area contributed by atoms with Gasteiger partial charge in [-0.05, 0) is 48.9 Å². The maximum atomic E-state index is 12.4. The minimum atomic E-state index is -0.936. The molecule has 0 bridgehead atoms. The molecule has 2 aromatic carbocycles. The summed E-state index contributed by atoms with van der Waals surface area (Å²) < 4.78 is 0. The van der Waals surface area contributed by atoms with Crippen molar-refractivity contribution in [3.05, 3.63) is 64.7 Å². The molecule has 0 spiro atoms. The molecule has 3 rings (SSSR count). The van der Waals surface area contributed by atoms with Crippen LogP contribution < -0.4 is 10.2 Å². The third-order valence-corrected chi connectivity index (χ3v) is 4.76. The van der Waals surface area contributed by atoms with Gasteiger partial charge in [-0.3, -0.25) is 4.79 Å². The van der Waals surface area contributed by atoms with Gasteiger partial charge in [-0.1, -0.05) is 23.7 Å². The van der Waals surface area contributed by atoms with Gasteiger partial charge in [0.15, 0.2) is 11.6 Å². The molecule has 1 N–H and O–H groups in total. The zero-order chi connectivity index (χ0) is 20.3. The largest absolute Gasteiger partial charge is 0.378 e. The molecule has 1 atom stereocenters. The summed E-state index contributed by atoms with van der Waals surface area (Å²) in [4.78, 5) is 25.0. The number of amides is 1. The van der Waals surface area contributed by atoms with E-state index in [2.05, 4.69) is 10.3 Å². The van der Waals surface area contributed by atoms with Crippen LogP contribution in [0.25, 0.3) is 0 Å². The highest BCUT2D eigenvalue weighted by Gasteiger charge is 2.37. The van der Waals surface area contributed by atoms with Crippen molar-refractivity contribution < 1.29 is 9.63 Å². The molecule has 0 saturated heterocycles. The fraction of sp³-hybridized carbons (Fsp3) is 0.333. The van der Waals surface area contributed by atoms with Gasteiger partial charge in [0.25, 0.3) is 0 Å². The Hall–Kier alpha value is -2.57. The van der Waals surface area contributed by atoms with Crippen LogP contribution in [0.5, 0.6) is 0 Å². The number of hydroxylamine groups is 2. The molecule has 0 radical (unpaired) electrons. The molecule has 1 aliphatic heterocycles. The van der Waals surface area contributed by atoms with E-state index in [9.17, 15) is 4.79 Å². The van der Waals surface area contributed by atoms with Crippen molar-refractivity contribution in [2.45, 2.75) is 25.6 Å². The zero-order valence-corrected chi connectivity index (χ0v) is 17.3. The van der Waals surface area contributed by atoms with E-state index in [-0.39, 0.29) is 12.3 Å². The van der Waals surface area contributed by atoms with E-state index in [1.54, 1.807) is 24.2 Å². The Bertz CT molecular complexity index is 865. The Labute approximate surface area is 170 Å². The predicted molar refractivity (Wildman–Crippen MR) is 112 cm³/mol. The van der Waals surface area contributed by atoms with Gasteiger partial charge in [-0.25, -0.2) is 14.9 Å². The second kappa shape index (κ2) is 8.20. The van der Waals surface area contributed by atoms with Gasteiger partial charge in [0, 0.05) is 44.0 Å². The quantitative estimate of drug-likeness (QED) is 0.806. The van der Waals surface area contributed by atoms with Crippen LogP contribution >= 0.6 is 11.6 Å². The van der Waals surface area contributed by atoms with Crippen molar-refractivity contribution in [1.29, 1.82) is 0 Å². The number of nitrogens with one attached hydrogen (secondary N) is 1. The molecule has 2 aromatic rings. The van der Waals surface area contributed by atoms with E-state index >= 15 is 0 Å². The molecule has 0 aromatic heterocycles. The van der Waals surface area contributed by atoms with E-state index in [4.69, 9.17) is 16.4 Å². The highest BCUT2D eigenvalue weighted by atomic mass is 35.5. The Morgan fingerprint density at radius 2 is 1.82 bits per heavy atom. The van der Waals surface area contributed by atoms with Crippen molar-refractivity contribution in [2.24, 2.45) is 4.99 Å². The number of anilines is 1. The maximum absolute atomic E-state index is 12.4. The molecule has 0 fully saturated rings. The highest BCUT2D eigenvalue weighted by Crippen LogP contribution is 2.28. The minimum Gasteiger partial charge on any atom is -0.378 e. The van der Waals surface area contributed by atoms with Crippen LogP contribution in [0, 0.1) is 0 Å². The lowest BCUT2D eigenvalue weighted by molar-refractivity contribution is -0.166. The number of benzene rings is 2. The topological polar surface area (TPSA) is 57.2 Å². The van der Waals surface area contributed by atoms with E-state index in [0.29, 0.717) is 17.4 Å². The van der Waals surface area contributed by atoms with Gasteiger partial charge in [0.05, 0.1) is 6.42 Å². The molecule has 28 heavy (non-hydrogen) atoms. The van der Waals surface area contributed by atoms with Crippen molar-refractivity contribution in [2.75, 3.05) is 26.0 Å². The van der Waals surface area contributed by atoms with E-state index < -0.39 is 5.72 Å². The zero-order valence-electron chi connectivity index (χ0n) is 16.6. The standard InChI is InChI=1S/C21H25ClN4O2/c1-21(13-19(27)23-14-15-5-9-17(22)10-6-15)24-20(26(4)28-21)16-7-11-18(12-8-16)25(2)3/h5-12H,13-14H2,1-4H3,(H,23,27). The normalized spacial score (nSPS) is 18.8. The van der Waals surface area contributed by atoms with Gasteiger partial charge in [0.1, 0.15) is 0 Å². The summed E-state index contributed by atoms with van der Waals surface area (Å²) in [7, 11) is 5.80. The fourth-order valence-corrected chi connectivity index (χ4v) is 3.17. The maximum Gasteiger partial charge on any atom is 0.225 e.